The van der Waals surface area contributed by atoms with Crippen molar-refractivity contribution in [2.75, 3.05) is 26.1 Å². The van der Waals surface area contributed by atoms with E-state index in [1.165, 1.54) is 6.20 Å². The molecule has 2 rings (SSSR count). The van der Waals surface area contributed by atoms with Crippen LogP contribution in [-0.2, 0) is 11.3 Å². The highest BCUT2D eigenvalue weighted by molar-refractivity contribution is 5.27. The molecule has 2 aromatic rings. The highest BCUT2D eigenvalue weighted by Crippen LogP contribution is 2.12. The summed E-state index contributed by atoms with van der Waals surface area (Å²) in [6.45, 7) is 1.72. The van der Waals surface area contributed by atoms with E-state index in [2.05, 4.69) is 10.2 Å². The van der Waals surface area contributed by atoms with E-state index in [1.54, 1.807) is 11.9 Å². The Bertz CT molecular complexity index is 481. The van der Waals surface area contributed by atoms with Gasteiger partial charge in [-0.15, -0.1) is 5.10 Å². The van der Waals surface area contributed by atoms with Crippen molar-refractivity contribution in [3.63, 3.8) is 0 Å². The molecule has 0 saturated heterocycles. The molecule has 1 aromatic heterocycles. The molecule has 0 spiro atoms. The first kappa shape index (κ1) is 12.4. The van der Waals surface area contributed by atoms with E-state index < -0.39 is 0 Å². The van der Waals surface area contributed by atoms with Gasteiger partial charge in [0, 0.05) is 7.11 Å². The van der Waals surface area contributed by atoms with Crippen LogP contribution >= 0.6 is 0 Å². The maximum absolute atomic E-state index is 5.50. The van der Waals surface area contributed by atoms with E-state index in [4.69, 9.17) is 15.2 Å². The summed E-state index contributed by atoms with van der Waals surface area (Å²) in [4.78, 5) is 1.55. The molecule has 0 saturated carbocycles. The molecule has 18 heavy (non-hydrogen) atoms. The Kier molecular flexibility index (Phi) is 4.14. The lowest BCUT2D eigenvalue weighted by atomic mass is 10.2. The first-order valence-electron chi connectivity index (χ1n) is 5.64. The summed E-state index contributed by atoms with van der Waals surface area (Å²) < 4.78 is 10.4. The van der Waals surface area contributed by atoms with Crippen LogP contribution in [0.1, 0.15) is 5.56 Å². The van der Waals surface area contributed by atoms with Crippen LogP contribution in [0.2, 0.25) is 0 Å². The number of methoxy groups -OCH3 is 1. The Hall–Kier alpha value is -2.08. The van der Waals surface area contributed by atoms with E-state index in [9.17, 15) is 0 Å². The molecule has 96 valence electrons. The average molecular weight is 248 g/mol. The van der Waals surface area contributed by atoms with Gasteiger partial charge in [-0.05, 0) is 17.7 Å². The van der Waals surface area contributed by atoms with Crippen molar-refractivity contribution in [3.8, 4) is 5.75 Å². The van der Waals surface area contributed by atoms with Gasteiger partial charge in [-0.1, -0.05) is 12.1 Å². The predicted molar refractivity (Wildman–Crippen MR) is 67.3 cm³/mol. The molecule has 6 nitrogen and oxygen atoms in total. The fourth-order valence-electron chi connectivity index (χ4n) is 1.48. The van der Waals surface area contributed by atoms with Crippen LogP contribution in [0.3, 0.4) is 0 Å². The standard InChI is InChI=1S/C12H16N4O2/c1-17-6-7-18-11-4-2-10(3-5-11)9-16-14-8-12(13)15-16/h2-5,8H,6-7,9H2,1H3,(H2,13,15). The number of nitrogens with two attached hydrogens (primary N) is 1. The number of nitrogens with zero attached hydrogens (tertiary/aromatic N) is 3. The van der Waals surface area contributed by atoms with Gasteiger partial charge in [-0.25, -0.2) is 0 Å². The molecule has 1 heterocycles. The molecule has 0 amide bonds. The Morgan fingerprint density at radius 1 is 1.22 bits per heavy atom. The van der Waals surface area contributed by atoms with Crippen LogP contribution in [0.25, 0.3) is 0 Å². The second kappa shape index (κ2) is 6.02. The van der Waals surface area contributed by atoms with Gasteiger partial charge in [0.1, 0.15) is 12.4 Å². The van der Waals surface area contributed by atoms with Gasteiger partial charge < -0.3 is 15.2 Å². The maximum atomic E-state index is 5.50. The van der Waals surface area contributed by atoms with E-state index in [-0.39, 0.29) is 0 Å². The van der Waals surface area contributed by atoms with E-state index >= 15 is 0 Å². The Morgan fingerprint density at radius 2 is 2.00 bits per heavy atom. The number of ether oxygens (including phenoxy) is 2. The zero-order valence-corrected chi connectivity index (χ0v) is 10.2. The molecular weight excluding hydrogens is 232 g/mol. The molecule has 0 aliphatic rings. The molecule has 0 aliphatic carbocycles. The third kappa shape index (κ3) is 3.46. The van der Waals surface area contributed by atoms with Gasteiger partial charge in [0.2, 0.25) is 0 Å². The van der Waals surface area contributed by atoms with Gasteiger partial charge in [0.25, 0.3) is 0 Å². The largest absolute Gasteiger partial charge is 0.491 e. The van der Waals surface area contributed by atoms with Crippen molar-refractivity contribution in [1.82, 2.24) is 15.0 Å². The van der Waals surface area contributed by atoms with E-state index in [0.717, 1.165) is 11.3 Å². The first-order valence-corrected chi connectivity index (χ1v) is 5.64. The first-order chi connectivity index (χ1) is 8.78. The molecule has 0 fully saturated rings. The number of nitrogen functional groups attached to an aromatic ring is 1. The molecule has 0 radical (unpaired) electrons. The minimum atomic E-state index is 0.425. The third-order valence-corrected chi connectivity index (χ3v) is 2.36. The summed E-state index contributed by atoms with van der Waals surface area (Å²) in [6.07, 6.45) is 1.53. The fraction of sp³-hybridized carbons (Fsp3) is 0.333. The summed E-state index contributed by atoms with van der Waals surface area (Å²) >= 11 is 0. The number of rotatable bonds is 6. The van der Waals surface area contributed by atoms with Crippen LogP contribution in [0.5, 0.6) is 5.75 Å². The van der Waals surface area contributed by atoms with Crippen LogP contribution in [-0.4, -0.2) is 35.3 Å². The van der Waals surface area contributed by atoms with Crippen LogP contribution in [0.4, 0.5) is 5.82 Å². The number of aromatic nitrogens is 3. The molecule has 0 atom stereocenters. The van der Waals surface area contributed by atoms with Crippen molar-refractivity contribution in [2.45, 2.75) is 6.54 Å². The highest BCUT2D eigenvalue weighted by atomic mass is 16.5. The molecule has 0 bridgehead atoms. The Morgan fingerprint density at radius 3 is 2.61 bits per heavy atom. The molecule has 2 N–H and O–H groups in total. The molecular formula is C12H16N4O2. The lowest BCUT2D eigenvalue weighted by molar-refractivity contribution is 0.146. The monoisotopic (exact) mass is 248 g/mol. The summed E-state index contributed by atoms with van der Waals surface area (Å²) in [7, 11) is 1.65. The molecule has 6 heteroatoms. The average Bonchev–Trinajstić information content (AvgIpc) is 2.77. The smallest absolute Gasteiger partial charge is 0.165 e. The van der Waals surface area contributed by atoms with Crippen LogP contribution < -0.4 is 10.5 Å². The lowest BCUT2D eigenvalue weighted by Crippen LogP contribution is -2.05. The molecule has 1 aromatic carbocycles. The molecule has 0 aliphatic heterocycles. The summed E-state index contributed by atoms with van der Waals surface area (Å²) in [5.74, 6) is 1.25. The van der Waals surface area contributed by atoms with Gasteiger partial charge >= 0.3 is 0 Å². The van der Waals surface area contributed by atoms with Gasteiger partial charge in [0.05, 0.1) is 19.3 Å². The molecule has 0 unspecified atom stereocenters. The highest BCUT2D eigenvalue weighted by Gasteiger charge is 1.99. The van der Waals surface area contributed by atoms with Crippen molar-refractivity contribution in [1.29, 1.82) is 0 Å². The van der Waals surface area contributed by atoms with Gasteiger partial charge in [0.15, 0.2) is 5.82 Å². The van der Waals surface area contributed by atoms with Crippen LogP contribution in [0, 0.1) is 0 Å². The maximum Gasteiger partial charge on any atom is 0.165 e. The summed E-state index contributed by atoms with van der Waals surface area (Å²) in [5.41, 5.74) is 6.59. The minimum Gasteiger partial charge on any atom is -0.491 e. The lowest BCUT2D eigenvalue weighted by Gasteiger charge is -2.06. The SMILES string of the molecule is COCCOc1ccc(Cn2ncc(N)n2)cc1. The van der Waals surface area contributed by atoms with Crippen LogP contribution in [0.15, 0.2) is 30.5 Å². The third-order valence-electron chi connectivity index (χ3n) is 2.36. The zero-order valence-electron chi connectivity index (χ0n) is 10.2. The number of anilines is 1. The Labute approximate surface area is 105 Å². The normalized spacial score (nSPS) is 10.5. The van der Waals surface area contributed by atoms with Gasteiger partial charge in [-0.3, -0.25) is 0 Å². The zero-order chi connectivity index (χ0) is 12.8. The second-order valence-corrected chi connectivity index (χ2v) is 3.79. The number of benzene rings is 1. The predicted octanol–water partition coefficient (Wildman–Crippen LogP) is 0.934. The quantitative estimate of drug-likeness (QED) is 0.770. The topological polar surface area (TPSA) is 75.2 Å². The van der Waals surface area contributed by atoms with Crippen molar-refractivity contribution >= 4 is 5.82 Å². The Balaban J connectivity index is 1.91. The van der Waals surface area contributed by atoms with E-state index in [0.29, 0.717) is 25.6 Å². The van der Waals surface area contributed by atoms with Gasteiger partial charge in [-0.2, -0.15) is 9.90 Å². The number of hydrogen-bond acceptors (Lipinski definition) is 5. The van der Waals surface area contributed by atoms with Crippen molar-refractivity contribution in [2.24, 2.45) is 0 Å². The van der Waals surface area contributed by atoms with E-state index in [1.807, 2.05) is 24.3 Å². The summed E-state index contributed by atoms with van der Waals surface area (Å²) in [5, 5.41) is 8.05. The summed E-state index contributed by atoms with van der Waals surface area (Å²) in [6, 6.07) is 7.78. The second-order valence-electron chi connectivity index (χ2n) is 3.79. The van der Waals surface area contributed by atoms with Crippen molar-refractivity contribution < 1.29 is 9.47 Å². The van der Waals surface area contributed by atoms with Crippen molar-refractivity contribution in [3.05, 3.63) is 36.0 Å². The number of hydrogen-bond donors (Lipinski definition) is 1. The minimum absolute atomic E-state index is 0.425. The fourth-order valence-corrected chi connectivity index (χ4v) is 1.48.